The van der Waals surface area contributed by atoms with E-state index < -0.39 is 10.0 Å². The predicted molar refractivity (Wildman–Crippen MR) is 117 cm³/mol. The van der Waals surface area contributed by atoms with E-state index in [-0.39, 0.29) is 12.0 Å². The van der Waals surface area contributed by atoms with Gasteiger partial charge in [-0.05, 0) is 50.3 Å². The number of nitrogens with zero attached hydrogens (tertiary/aromatic N) is 4. The van der Waals surface area contributed by atoms with Gasteiger partial charge in [0.05, 0.1) is 12.4 Å². The molecule has 0 N–H and O–H groups in total. The average Bonchev–Trinajstić information content (AvgIpc) is 3.15. The van der Waals surface area contributed by atoms with Crippen LogP contribution in [0.5, 0.6) is 5.75 Å². The van der Waals surface area contributed by atoms with Gasteiger partial charge in [-0.3, -0.25) is 4.90 Å². The van der Waals surface area contributed by atoms with Crippen molar-refractivity contribution in [2.75, 3.05) is 32.4 Å². The minimum atomic E-state index is -3.11. The van der Waals surface area contributed by atoms with Crippen LogP contribution in [0, 0.1) is 5.92 Å². The lowest BCUT2D eigenvalue weighted by Gasteiger charge is -2.38. The quantitative estimate of drug-likeness (QED) is 0.613. The zero-order chi connectivity index (χ0) is 22.0. The summed E-state index contributed by atoms with van der Waals surface area (Å²) in [5.41, 5.74) is 1.29. The number of benzene rings is 1. The maximum Gasteiger partial charge on any atom is 0.227 e. The number of aromatic nitrogens is 2. The van der Waals surface area contributed by atoms with Crippen LogP contribution in [0.3, 0.4) is 0 Å². The summed E-state index contributed by atoms with van der Waals surface area (Å²) in [5, 5.41) is 4.17. The van der Waals surface area contributed by atoms with E-state index >= 15 is 0 Å². The van der Waals surface area contributed by atoms with Crippen LogP contribution >= 0.6 is 0 Å². The Morgan fingerprint density at radius 1 is 1.16 bits per heavy atom. The van der Waals surface area contributed by atoms with Crippen LogP contribution in [-0.4, -0.2) is 66.3 Å². The first kappa shape index (κ1) is 22.2. The number of sulfonamides is 1. The van der Waals surface area contributed by atoms with Crippen LogP contribution in [0.25, 0.3) is 0 Å². The van der Waals surface area contributed by atoms with Gasteiger partial charge in [0.25, 0.3) is 0 Å². The van der Waals surface area contributed by atoms with E-state index in [4.69, 9.17) is 9.26 Å². The summed E-state index contributed by atoms with van der Waals surface area (Å²) in [4.78, 5) is 7.02. The van der Waals surface area contributed by atoms with Gasteiger partial charge >= 0.3 is 0 Å². The number of likely N-dealkylation sites (tertiary alicyclic amines) is 1. The van der Waals surface area contributed by atoms with Crippen LogP contribution in [-0.2, 0) is 23.0 Å². The fraction of sp³-hybridized carbons (Fsp3) is 0.636. The SMILES string of the molecule is CC(C)Oc1ccc(CN2CC(Cc3nc(C4CCN(S(C)(=O)=O)CC4)no3)C2)cc1. The van der Waals surface area contributed by atoms with Gasteiger partial charge in [0.15, 0.2) is 5.82 Å². The Labute approximate surface area is 184 Å². The standard InChI is InChI=1S/C22H32N4O4S/c1-16(2)29-20-6-4-17(5-7-20)13-25-14-18(15-25)12-21-23-22(24-30-21)19-8-10-26(11-9-19)31(3,27)28/h4-7,16,18-19H,8-15H2,1-3H3. The van der Waals surface area contributed by atoms with Crippen LogP contribution in [0.15, 0.2) is 28.8 Å². The second-order valence-electron chi connectivity index (χ2n) is 9.06. The van der Waals surface area contributed by atoms with E-state index in [1.165, 1.54) is 16.1 Å². The van der Waals surface area contributed by atoms with E-state index in [0.717, 1.165) is 50.5 Å². The molecular weight excluding hydrogens is 416 g/mol. The third kappa shape index (κ3) is 5.84. The normalized spacial score (nSPS) is 19.6. The molecule has 1 aromatic heterocycles. The van der Waals surface area contributed by atoms with Gasteiger partial charge < -0.3 is 9.26 Å². The molecule has 2 saturated heterocycles. The lowest BCUT2D eigenvalue weighted by Crippen LogP contribution is -2.46. The Morgan fingerprint density at radius 3 is 2.45 bits per heavy atom. The van der Waals surface area contributed by atoms with E-state index in [1.54, 1.807) is 0 Å². The van der Waals surface area contributed by atoms with Crippen molar-refractivity contribution in [2.45, 2.75) is 51.7 Å². The monoisotopic (exact) mass is 448 g/mol. The second-order valence-corrected chi connectivity index (χ2v) is 11.0. The van der Waals surface area contributed by atoms with Crippen molar-refractivity contribution in [2.24, 2.45) is 5.92 Å². The number of piperidine rings is 1. The molecular formula is C22H32N4O4S. The number of rotatable bonds is 8. The molecule has 0 atom stereocenters. The molecule has 170 valence electrons. The molecule has 1 aromatic carbocycles. The van der Waals surface area contributed by atoms with Gasteiger partial charge in [-0.2, -0.15) is 4.98 Å². The molecule has 4 rings (SSSR count). The highest BCUT2D eigenvalue weighted by Gasteiger charge is 2.31. The van der Waals surface area contributed by atoms with Crippen LogP contribution in [0.4, 0.5) is 0 Å². The maximum absolute atomic E-state index is 11.7. The van der Waals surface area contributed by atoms with Crippen molar-refractivity contribution in [1.29, 1.82) is 0 Å². The topological polar surface area (TPSA) is 88.8 Å². The van der Waals surface area contributed by atoms with Crippen molar-refractivity contribution in [3.63, 3.8) is 0 Å². The summed E-state index contributed by atoms with van der Waals surface area (Å²) in [6, 6.07) is 8.33. The van der Waals surface area contributed by atoms with Gasteiger partial charge in [-0.25, -0.2) is 12.7 Å². The number of ether oxygens (including phenoxy) is 1. The zero-order valence-electron chi connectivity index (χ0n) is 18.5. The Balaban J connectivity index is 1.20. The van der Waals surface area contributed by atoms with Crippen LogP contribution in [0.1, 0.15) is 49.9 Å². The van der Waals surface area contributed by atoms with Gasteiger partial charge in [0.2, 0.25) is 15.9 Å². The Bertz CT molecular complexity index is 960. The van der Waals surface area contributed by atoms with E-state index in [1.807, 2.05) is 26.0 Å². The smallest absolute Gasteiger partial charge is 0.227 e. The van der Waals surface area contributed by atoms with Crippen LogP contribution in [0.2, 0.25) is 0 Å². The Hall–Kier alpha value is -1.97. The van der Waals surface area contributed by atoms with Gasteiger partial charge in [0.1, 0.15) is 5.75 Å². The molecule has 0 spiro atoms. The summed E-state index contributed by atoms with van der Waals surface area (Å²) < 4.78 is 36.0. The lowest BCUT2D eigenvalue weighted by atomic mass is 9.95. The molecule has 9 heteroatoms. The van der Waals surface area contributed by atoms with E-state index in [2.05, 4.69) is 27.2 Å². The lowest BCUT2D eigenvalue weighted by molar-refractivity contribution is 0.0866. The first-order valence-corrected chi connectivity index (χ1v) is 12.9. The zero-order valence-corrected chi connectivity index (χ0v) is 19.3. The molecule has 2 aliphatic rings. The van der Waals surface area contributed by atoms with E-state index in [0.29, 0.717) is 24.9 Å². The largest absolute Gasteiger partial charge is 0.491 e. The molecule has 0 saturated carbocycles. The first-order chi connectivity index (χ1) is 14.8. The fourth-order valence-corrected chi connectivity index (χ4v) is 5.22. The highest BCUT2D eigenvalue weighted by molar-refractivity contribution is 7.88. The second kappa shape index (κ2) is 9.26. The van der Waals surface area contributed by atoms with Gasteiger partial charge in [-0.1, -0.05) is 17.3 Å². The molecule has 3 heterocycles. The van der Waals surface area contributed by atoms with E-state index in [9.17, 15) is 8.42 Å². The fourth-order valence-electron chi connectivity index (χ4n) is 4.35. The summed E-state index contributed by atoms with van der Waals surface area (Å²) in [5.74, 6) is 3.04. The molecule has 8 nitrogen and oxygen atoms in total. The first-order valence-electron chi connectivity index (χ1n) is 11.0. The third-order valence-electron chi connectivity index (χ3n) is 5.97. The van der Waals surface area contributed by atoms with Gasteiger partial charge in [0, 0.05) is 45.1 Å². The molecule has 0 unspecified atom stereocenters. The molecule has 0 aliphatic carbocycles. The molecule has 2 fully saturated rings. The van der Waals surface area contributed by atoms with Crippen molar-refractivity contribution in [1.82, 2.24) is 19.3 Å². The summed E-state index contributed by atoms with van der Waals surface area (Å²) in [6.07, 6.45) is 3.73. The average molecular weight is 449 g/mol. The highest BCUT2D eigenvalue weighted by Crippen LogP contribution is 2.28. The summed E-state index contributed by atoms with van der Waals surface area (Å²) >= 11 is 0. The molecule has 31 heavy (non-hydrogen) atoms. The summed E-state index contributed by atoms with van der Waals surface area (Å²) in [7, 11) is -3.11. The Morgan fingerprint density at radius 2 is 1.84 bits per heavy atom. The minimum Gasteiger partial charge on any atom is -0.491 e. The number of hydrogen-bond acceptors (Lipinski definition) is 7. The molecule has 2 aromatic rings. The summed E-state index contributed by atoms with van der Waals surface area (Å²) in [6.45, 7) is 8.09. The predicted octanol–water partition coefficient (Wildman–Crippen LogP) is 2.67. The number of hydrogen-bond donors (Lipinski definition) is 0. The Kier molecular flexibility index (Phi) is 6.64. The molecule has 0 bridgehead atoms. The minimum absolute atomic E-state index is 0.177. The third-order valence-corrected chi connectivity index (χ3v) is 7.27. The highest BCUT2D eigenvalue weighted by atomic mass is 32.2. The molecule has 2 aliphatic heterocycles. The molecule has 0 amide bonds. The maximum atomic E-state index is 11.7. The van der Waals surface area contributed by atoms with Crippen molar-refractivity contribution < 1.29 is 17.7 Å². The van der Waals surface area contributed by atoms with Gasteiger partial charge in [-0.15, -0.1) is 0 Å². The van der Waals surface area contributed by atoms with Crippen LogP contribution < -0.4 is 4.74 Å². The molecule has 0 radical (unpaired) electrons. The van der Waals surface area contributed by atoms with Crippen molar-refractivity contribution in [3.05, 3.63) is 41.5 Å². The van der Waals surface area contributed by atoms with Crippen molar-refractivity contribution in [3.8, 4) is 5.75 Å². The van der Waals surface area contributed by atoms with Crippen molar-refractivity contribution >= 4 is 10.0 Å².